The van der Waals surface area contributed by atoms with Crippen LogP contribution in [0.1, 0.15) is 17.0 Å². The Morgan fingerprint density at radius 3 is 2.61 bits per heavy atom. The second kappa shape index (κ2) is 6.16. The summed E-state index contributed by atoms with van der Waals surface area (Å²) < 4.78 is 18.4. The van der Waals surface area contributed by atoms with E-state index in [4.69, 9.17) is 4.74 Å². The molecular formula is C17H14FNO4. The van der Waals surface area contributed by atoms with Gasteiger partial charge in [0.15, 0.2) is 0 Å². The van der Waals surface area contributed by atoms with Gasteiger partial charge in [0.2, 0.25) is 6.54 Å². The molecule has 2 aromatic carbocycles. The number of para-hydroxylation sites is 1. The Morgan fingerprint density at radius 2 is 1.91 bits per heavy atom. The molecule has 23 heavy (non-hydrogen) atoms. The van der Waals surface area contributed by atoms with Crippen LogP contribution in [-0.2, 0) is 11.2 Å². The van der Waals surface area contributed by atoms with Gasteiger partial charge < -0.3 is 4.74 Å². The summed E-state index contributed by atoms with van der Waals surface area (Å²) in [6, 6.07) is 12.6. The van der Waals surface area contributed by atoms with Crippen molar-refractivity contribution >= 4 is 5.97 Å². The number of nitrogens with zero attached hydrogens (tertiary/aromatic N) is 1. The average molecular weight is 315 g/mol. The van der Waals surface area contributed by atoms with Crippen LogP contribution in [0.3, 0.4) is 0 Å². The van der Waals surface area contributed by atoms with Gasteiger partial charge in [0.05, 0.1) is 11.8 Å². The molecule has 0 N–H and O–H groups in total. The number of esters is 1. The molecule has 0 spiro atoms. The lowest BCUT2D eigenvalue weighted by Crippen LogP contribution is -2.35. The van der Waals surface area contributed by atoms with E-state index in [-0.39, 0.29) is 0 Å². The molecule has 0 amide bonds. The molecule has 6 heteroatoms. The van der Waals surface area contributed by atoms with Crippen LogP contribution in [0.2, 0.25) is 0 Å². The molecule has 2 aromatic rings. The van der Waals surface area contributed by atoms with Crippen LogP contribution in [0.5, 0.6) is 5.75 Å². The van der Waals surface area contributed by atoms with Crippen LogP contribution in [0, 0.1) is 21.8 Å². The Morgan fingerprint density at radius 1 is 1.22 bits per heavy atom. The summed E-state index contributed by atoms with van der Waals surface area (Å²) in [5.74, 6) is -1.75. The molecule has 0 unspecified atom stereocenters. The number of benzene rings is 2. The molecule has 0 saturated heterocycles. The van der Waals surface area contributed by atoms with Crippen LogP contribution in [0.4, 0.5) is 4.39 Å². The standard InChI is InChI=1S/C17H14FNO4/c18-13-7-5-11(6-8-13)15(10-19(21)22)14-9-12-3-1-2-4-16(12)23-17(14)20/h1-8,14-15H,9-10H2/t14-,15-/m1/s1. The lowest BCUT2D eigenvalue weighted by atomic mass is 9.81. The molecule has 0 radical (unpaired) electrons. The van der Waals surface area contributed by atoms with Crippen LogP contribution in [0.15, 0.2) is 48.5 Å². The molecule has 0 aromatic heterocycles. The van der Waals surface area contributed by atoms with Crippen molar-refractivity contribution in [1.29, 1.82) is 0 Å². The third-order valence-corrected chi connectivity index (χ3v) is 4.06. The number of hydrogen-bond donors (Lipinski definition) is 0. The molecule has 1 aliphatic heterocycles. The fourth-order valence-electron chi connectivity index (χ4n) is 2.92. The van der Waals surface area contributed by atoms with Gasteiger partial charge in [-0.25, -0.2) is 4.39 Å². The Balaban J connectivity index is 1.95. The minimum absolute atomic E-state index is 0.366. The molecule has 0 bridgehead atoms. The zero-order valence-corrected chi connectivity index (χ0v) is 12.1. The second-order valence-corrected chi connectivity index (χ2v) is 5.51. The first-order valence-corrected chi connectivity index (χ1v) is 7.21. The van der Waals surface area contributed by atoms with Gasteiger partial charge in [-0.15, -0.1) is 0 Å². The summed E-state index contributed by atoms with van der Waals surface area (Å²) in [5.41, 5.74) is 1.40. The van der Waals surface area contributed by atoms with Crippen molar-refractivity contribution in [2.45, 2.75) is 12.3 Å². The predicted molar refractivity (Wildman–Crippen MR) is 80.3 cm³/mol. The van der Waals surface area contributed by atoms with Gasteiger partial charge in [-0.3, -0.25) is 14.9 Å². The third-order valence-electron chi connectivity index (χ3n) is 4.06. The number of rotatable bonds is 4. The monoisotopic (exact) mass is 315 g/mol. The second-order valence-electron chi connectivity index (χ2n) is 5.51. The first-order chi connectivity index (χ1) is 11.0. The van der Waals surface area contributed by atoms with E-state index in [0.29, 0.717) is 17.7 Å². The minimum atomic E-state index is -0.666. The highest BCUT2D eigenvalue weighted by atomic mass is 19.1. The van der Waals surface area contributed by atoms with E-state index >= 15 is 0 Å². The van der Waals surface area contributed by atoms with Gasteiger partial charge in [0.1, 0.15) is 11.6 Å². The van der Waals surface area contributed by atoms with E-state index in [0.717, 1.165) is 5.56 Å². The zero-order valence-electron chi connectivity index (χ0n) is 12.1. The summed E-state index contributed by atoms with van der Waals surface area (Å²) in [6.45, 7) is -0.409. The molecule has 0 aliphatic carbocycles. The van der Waals surface area contributed by atoms with Gasteiger partial charge in [0, 0.05) is 4.92 Å². The van der Waals surface area contributed by atoms with Crippen molar-refractivity contribution in [2.75, 3.05) is 6.54 Å². The molecular weight excluding hydrogens is 301 g/mol. The Kier molecular flexibility index (Phi) is 4.06. The molecule has 2 atom stereocenters. The molecule has 0 saturated carbocycles. The van der Waals surface area contributed by atoms with Crippen LogP contribution >= 0.6 is 0 Å². The maximum Gasteiger partial charge on any atom is 0.315 e. The largest absolute Gasteiger partial charge is 0.426 e. The van der Waals surface area contributed by atoms with Crippen molar-refractivity contribution in [3.8, 4) is 5.75 Å². The number of halogens is 1. The minimum Gasteiger partial charge on any atom is -0.426 e. The van der Waals surface area contributed by atoms with Gasteiger partial charge in [0.25, 0.3) is 0 Å². The number of carbonyl (C=O) groups excluding carboxylic acids is 1. The highest BCUT2D eigenvalue weighted by molar-refractivity contribution is 5.79. The maximum atomic E-state index is 13.1. The van der Waals surface area contributed by atoms with E-state index in [9.17, 15) is 19.3 Å². The summed E-state index contributed by atoms with van der Waals surface area (Å²) in [5, 5.41) is 11.0. The Labute approximate surface area is 131 Å². The molecule has 118 valence electrons. The van der Waals surface area contributed by atoms with E-state index in [1.165, 1.54) is 24.3 Å². The fourth-order valence-corrected chi connectivity index (χ4v) is 2.92. The average Bonchev–Trinajstić information content (AvgIpc) is 2.53. The van der Waals surface area contributed by atoms with E-state index in [2.05, 4.69) is 0 Å². The smallest absolute Gasteiger partial charge is 0.315 e. The lowest BCUT2D eigenvalue weighted by molar-refractivity contribution is -0.484. The van der Waals surface area contributed by atoms with Gasteiger partial charge in [-0.2, -0.15) is 0 Å². The zero-order chi connectivity index (χ0) is 16.4. The highest BCUT2D eigenvalue weighted by Gasteiger charge is 2.38. The molecule has 5 nitrogen and oxygen atoms in total. The first-order valence-electron chi connectivity index (χ1n) is 7.21. The molecule has 3 rings (SSSR count). The third kappa shape index (κ3) is 3.21. The summed E-state index contributed by atoms with van der Waals surface area (Å²) in [4.78, 5) is 22.9. The number of fused-ring (bicyclic) bond motifs is 1. The van der Waals surface area contributed by atoms with Crippen molar-refractivity contribution in [1.82, 2.24) is 0 Å². The normalized spacial score (nSPS) is 18.0. The van der Waals surface area contributed by atoms with Gasteiger partial charge >= 0.3 is 5.97 Å². The van der Waals surface area contributed by atoms with Crippen LogP contribution in [-0.4, -0.2) is 17.4 Å². The highest BCUT2D eigenvalue weighted by Crippen LogP contribution is 2.35. The van der Waals surface area contributed by atoms with Crippen molar-refractivity contribution in [3.05, 3.63) is 75.6 Å². The fraction of sp³-hybridized carbons (Fsp3) is 0.235. The quantitative estimate of drug-likeness (QED) is 0.376. The number of carbonyl (C=O) groups is 1. The van der Waals surface area contributed by atoms with E-state index < -0.39 is 35.1 Å². The summed E-state index contributed by atoms with van der Waals surface area (Å²) >= 11 is 0. The van der Waals surface area contributed by atoms with Crippen molar-refractivity contribution < 1.29 is 18.8 Å². The molecule has 1 heterocycles. The van der Waals surface area contributed by atoms with Gasteiger partial charge in [-0.05, 0) is 35.7 Å². The van der Waals surface area contributed by atoms with E-state index in [1.54, 1.807) is 12.1 Å². The molecule has 0 fully saturated rings. The lowest BCUT2D eigenvalue weighted by Gasteiger charge is -2.28. The first kappa shape index (κ1) is 15.1. The topological polar surface area (TPSA) is 69.4 Å². The van der Waals surface area contributed by atoms with Gasteiger partial charge in [-0.1, -0.05) is 30.3 Å². The summed E-state index contributed by atoms with van der Waals surface area (Å²) in [7, 11) is 0. The number of nitro groups is 1. The van der Waals surface area contributed by atoms with Crippen molar-refractivity contribution in [3.63, 3.8) is 0 Å². The van der Waals surface area contributed by atoms with E-state index in [1.807, 2.05) is 12.1 Å². The predicted octanol–water partition coefficient (Wildman–Crippen LogP) is 2.96. The maximum absolute atomic E-state index is 13.1. The SMILES string of the molecule is O=C1Oc2ccccc2C[C@@H]1[C@H](C[N+](=O)[O-])c1ccc(F)cc1. The Hall–Kier alpha value is -2.76. The van der Waals surface area contributed by atoms with Crippen LogP contribution < -0.4 is 4.74 Å². The van der Waals surface area contributed by atoms with Crippen molar-refractivity contribution in [2.24, 2.45) is 5.92 Å². The van der Waals surface area contributed by atoms with Crippen LogP contribution in [0.25, 0.3) is 0 Å². The number of ether oxygens (including phenoxy) is 1. The molecule has 1 aliphatic rings. The number of hydrogen-bond acceptors (Lipinski definition) is 4. The Bertz CT molecular complexity index is 745. The summed E-state index contributed by atoms with van der Waals surface area (Å²) in [6.07, 6.45) is 0.366.